The molecule has 7 heteroatoms. The lowest BCUT2D eigenvalue weighted by atomic mass is 10.2. The molecule has 0 aromatic heterocycles. The van der Waals surface area contributed by atoms with Crippen LogP contribution in [0.1, 0.15) is 5.56 Å². The van der Waals surface area contributed by atoms with Crippen molar-refractivity contribution < 1.29 is 14.7 Å². The number of thiocarbonyl (C=S) groups is 1. The van der Waals surface area contributed by atoms with Gasteiger partial charge in [0.15, 0.2) is 0 Å². The lowest BCUT2D eigenvalue weighted by molar-refractivity contribution is -0.143. The SMILES string of the molecule is C=CCN1C(=O)C(=O)N(/N=C/c2ccccc2O)C1=S. The summed E-state index contributed by atoms with van der Waals surface area (Å²) in [5.74, 6) is -1.56. The summed E-state index contributed by atoms with van der Waals surface area (Å²) in [5, 5.41) is 14.3. The van der Waals surface area contributed by atoms with Crippen molar-refractivity contribution >= 4 is 35.4 Å². The normalized spacial score (nSPS) is 15.5. The van der Waals surface area contributed by atoms with Crippen LogP contribution >= 0.6 is 12.2 Å². The molecule has 1 saturated heterocycles. The summed E-state index contributed by atoms with van der Waals surface area (Å²) in [4.78, 5) is 24.5. The van der Waals surface area contributed by atoms with Crippen molar-refractivity contribution in [2.45, 2.75) is 0 Å². The average molecular weight is 289 g/mol. The second-order valence-corrected chi connectivity index (χ2v) is 4.27. The number of para-hydroxylation sites is 1. The van der Waals surface area contributed by atoms with E-state index in [1.165, 1.54) is 18.4 Å². The zero-order valence-corrected chi connectivity index (χ0v) is 11.2. The maximum absolute atomic E-state index is 11.7. The summed E-state index contributed by atoms with van der Waals surface area (Å²) in [6.07, 6.45) is 2.73. The van der Waals surface area contributed by atoms with E-state index < -0.39 is 11.8 Å². The second-order valence-electron chi connectivity index (χ2n) is 3.91. The Balaban J connectivity index is 2.24. The van der Waals surface area contributed by atoms with Gasteiger partial charge in [-0.15, -0.1) is 6.58 Å². The van der Waals surface area contributed by atoms with E-state index in [1.54, 1.807) is 18.2 Å². The van der Waals surface area contributed by atoms with Crippen molar-refractivity contribution in [3.63, 3.8) is 0 Å². The second kappa shape index (κ2) is 5.62. The molecule has 2 amide bonds. The molecule has 1 aromatic rings. The van der Waals surface area contributed by atoms with Gasteiger partial charge in [0.05, 0.1) is 6.21 Å². The Hall–Kier alpha value is -2.54. The fourth-order valence-corrected chi connectivity index (χ4v) is 1.89. The van der Waals surface area contributed by atoms with Gasteiger partial charge in [-0.3, -0.25) is 14.5 Å². The third-order valence-corrected chi connectivity index (χ3v) is 2.99. The summed E-state index contributed by atoms with van der Waals surface area (Å²) in [6.45, 7) is 3.64. The molecule has 1 N–H and O–H groups in total. The van der Waals surface area contributed by atoms with Crippen LogP contribution in [0.2, 0.25) is 0 Å². The highest BCUT2D eigenvalue weighted by atomic mass is 32.1. The molecule has 0 atom stereocenters. The van der Waals surface area contributed by atoms with Crippen LogP contribution in [0.5, 0.6) is 5.75 Å². The monoisotopic (exact) mass is 289 g/mol. The Kier molecular flexibility index (Phi) is 3.90. The summed E-state index contributed by atoms with van der Waals surface area (Å²) in [6, 6.07) is 6.47. The van der Waals surface area contributed by atoms with E-state index in [-0.39, 0.29) is 17.4 Å². The summed E-state index contributed by atoms with van der Waals surface area (Å²) in [5.41, 5.74) is 0.415. The molecule has 1 aromatic carbocycles. The van der Waals surface area contributed by atoms with Gasteiger partial charge in [-0.1, -0.05) is 18.2 Å². The van der Waals surface area contributed by atoms with E-state index in [1.807, 2.05) is 0 Å². The number of phenols is 1. The van der Waals surface area contributed by atoms with Crippen LogP contribution in [0.4, 0.5) is 0 Å². The van der Waals surface area contributed by atoms with Crippen LogP contribution in [-0.4, -0.2) is 44.7 Å². The Bertz CT molecular complexity index is 627. The molecule has 102 valence electrons. The van der Waals surface area contributed by atoms with Crippen LogP contribution < -0.4 is 0 Å². The maximum atomic E-state index is 11.7. The number of rotatable bonds is 4. The molecular formula is C13H11N3O3S. The van der Waals surface area contributed by atoms with E-state index in [9.17, 15) is 14.7 Å². The van der Waals surface area contributed by atoms with Crippen LogP contribution in [0.25, 0.3) is 0 Å². The van der Waals surface area contributed by atoms with Crippen molar-refractivity contribution in [1.82, 2.24) is 9.91 Å². The van der Waals surface area contributed by atoms with E-state index >= 15 is 0 Å². The van der Waals surface area contributed by atoms with Crippen LogP contribution in [-0.2, 0) is 9.59 Å². The molecule has 0 aliphatic carbocycles. The van der Waals surface area contributed by atoms with Crippen molar-refractivity contribution in [3.05, 3.63) is 42.5 Å². The molecule has 1 heterocycles. The molecule has 1 aliphatic rings. The van der Waals surface area contributed by atoms with E-state index in [4.69, 9.17) is 12.2 Å². The molecular weight excluding hydrogens is 278 g/mol. The molecule has 0 radical (unpaired) electrons. The first kappa shape index (κ1) is 13.9. The molecule has 1 fully saturated rings. The minimum Gasteiger partial charge on any atom is -0.507 e. The highest BCUT2D eigenvalue weighted by molar-refractivity contribution is 7.80. The Morgan fingerprint density at radius 3 is 2.65 bits per heavy atom. The number of carbonyl (C=O) groups is 2. The zero-order chi connectivity index (χ0) is 14.7. The van der Waals surface area contributed by atoms with Gasteiger partial charge < -0.3 is 5.11 Å². The van der Waals surface area contributed by atoms with Crippen LogP contribution in [0.15, 0.2) is 42.0 Å². The molecule has 20 heavy (non-hydrogen) atoms. The first-order valence-corrected chi connectivity index (χ1v) is 6.10. The number of amides is 2. The third-order valence-electron chi connectivity index (χ3n) is 2.59. The van der Waals surface area contributed by atoms with Crippen molar-refractivity contribution in [1.29, 1.82) is 0 Å². The number of hydrogen-bond acceptors (Lipinski definition) is 5. The van der Waals surface area contributed by atoms with Gasteiger partial charge in [0.2, 0.25) is 5.11 Å². The van der Waals surface area contributed by atoms with Gasteiger partial charge in [-0.05, 0) is 24.4 Å². The van der Waals surface area contributed by atoms with E-state index in [2.05, 4.69) is 11.7 Å². The van der Waals surface area contributed by atoms with Gasteiger partial charge >= 0.3 is 11.8 Å². The Morgan fingerprint density at radius 1 is 1.30 bits per heavy atom. The van der Waals surface area contributed by atoms with Crippen molar-refractivity contribution in [3.8, 4) is 5.75 Å². The largest absolute Gasteiger partial charge is 0.507 e. The standard InChI is InChI=1S/C13H11N3O3S/c1-2-7-15-11(18)12(19)16(13(15)20)14-8-9-5-3-4-6-10(9)17/h2-6,8,17H,1,7H2/b14-8+. The number of benzene rings is 1. The first-order chi connectivity index (χ1) is 9.56. The van der Waals surface area contributed by atoms with Crippen molar-refractivity contribution in [2.24, 2.45) is 5.10 Å². The fourth-order valence-electron chi connectivity index (χ4n) is 1.60. The molecule has 0 saturated carbocycles. The van der Waals surface area contributed by atoms with Gasteiger partial charge in [-0.25, -0.2) is 0 Å². The van der Waals surface area contributed by atoms with Gasteiger partial charge in [-0.2, -0.15) is 10.1 Å². The summed E-state index contributed by atoms with van der Waals surface area (Å²) in [7, 11) is 0. The third kappa shape index (κ3) is 2.43. The predicted octanol–water partition coefficient (Wildman–Crippen LogP) is 0.868. The van der Waals surface area contributed by atoms with E-state index in [0.717, 1.165) is 9.91 Å². The predicted molar refractivity (Wildman–Crippen MR) is 77.1 cm³/mol. The quantitative estimate of drug-likeness (QED) is 0.386. The number of phenolic OH excluding ortho intramolecular Hbond substituents is 1. The number of aromatic hydroxyl groups is 1. The number of hydrogen-bond donors (Lipinski definition) is 1. The van der Waals surface area contributed by atoms with E-state index in [0.29, 0.717) is 5.56 Å². The molecule has 2 rings (SSSR count). The minimum atomic E-state index is -0.830. The first-order valence-electron chi connectivity index (χ1n) is 5.69. The fraction of sp³-hybridized carbons (Fsp3) is 0.0769. The maximum Gasteiger partial charge on any atom is 0.339 e. The molecule has 6 nitrogen and oxygen atoms in total. The van der Waals surface area contributed by atoms with Crippen LogP contribution in [0, 0.1) is 0 Å². The molecule has 0 unspecified atom stereocenters. The molecule has 1 aliphatic heterocycles. The highest BCUT2D eigenvalue weighted by Gasteiger charge is 2.41. The lowest BCUT2D eigenvalue weighted by Crippen LogP contribution is -2.31. The van der Waals surface area contributed by atoms with Gasteiger partial charge in [0.25, 0.3) is 0 Å². The number of hydrazone groups is 1. The summed E-state index contributed by atoms with van der Waals surface area (Å²) < 4.78 is 0. The Labute approximate surface area is 120 Å². The average Bonchev–Trinajstić information content (AvgIpc) is 2.63. The topological polar surface area (TPSA) is 73.2 Å². The van der Waals surface area contributed by atoms with Crippen LogP contribution in [0.3, 0.4) is 0 Å². The highest BCUT2D eigenvalue weighted by Crippen LogP contribution is 2.16. The molecule has 0 spiro atoms. The van der Waals surface area contributed by atoms with Crippen molar-refractivity contribution in [2.75, 3.05) is 6.54 Å². The minimum absolute atomic E-state index is 0.00780. The lowest BCUT2D eigenvalue weighted by Gasteiger charge is -2.12. The zero-order valence-electron chi connectivity index (χ0n) is 10.4. The summed E-state index contributed by atoms with van der Waals surface area (Å²) >= 11 is 5.02. The molecule has 0 bridgehead atoms. The van der Waals surface area contributed by atoms with Gasteiger partial charge in [0.1, 0.15) is 5.75 Å². The number of carbonyl (C=O) groups excluding carboxylic acids is 2. The Morgan fingerprint density at radius 2 is 2.00 bits per heavy atom. The number of nitrogens with zero attached hydrogens (tertiary/aromatic N) is 3. The smallest absolute Gasteiger partial charge is 0.339 e. The van der Waals surface area contributed by atoms with Gasteiger partial charge in [0, 0.05) is 12.1 Å².